The predicted molar refractivity (Wildman–Crippen MR) is 83.6 cm³/mol. The lowest BCUT2D eigenvalue weighted by atomic mass is 9.95. The number of benzene rings is 1. The van der Waals surface area contributed by atoms with E-state index in [1.54, 1.807) is 0 Å². The molecule has 1 aromatic rings. The summed E-state index contributed by atoms with van der Waals surface area (Å²) in [7, 11) is 0. The second kappa shape index (κ2) is 6.51. The van der Waals surface area contributed by atoms with Crippen LogP contribution in [0.2, 0.25) is 0 Å². The van der Waals surface area contributed by atoms with Gasteiger partial charge in [-0.25, -0.2) is 0 Å². The van der Waals surface area contributed by atoms with Gasteiger partial charge in [-0.1, -0.05) is 44.3 Å². The highest BCUT2D eigenvalue weighted by Gasteiger charge is 2.20. The number of hydrogen-bond donors (Lipinski definition) is 3. The summed E-state index contributed by atoms with van der Waals surface area (Å²) in [4.78, 5) is 9.56. The smallest absolute Gasteiger partial charge is 0.242 e. The number of rotatable bonds is 5. The van der Waals surface area contributed by atoms with Crippen molar-refractivity contribution in [3.8, 4) is 0 Å². The molecule has 2 unspecified atom stereocenters. The predicted octanol–water partition coefficient (Wildman–Crippen LogP) is 3.28. The van der Waals surface area contributed by atoms with Gasteiger partial charge in [0.2, 0.25) is 5.69 Å². The number of hydrogen-bond acceptors (Lipinski definition) is 3. The van der Waals surface area contributed by atoms with Crippen LogP contribution in [0.5, 0.6) is 0 Å². The van der Waals surface area contributed by atoms with Crippen LogP contribution in [-0.4, -0.2) is 11.4 Å². The molecule has 0 heterocycles. The SMILES string of the molecule is Cc1ccc(C(C)C)cc1C(CN)OP(O)(=S)S. The minimum Gasteiger partial charge on any atom is -0.338 e. The van der Waals surface area contributed by atoms with Gasteiger partial charge in [0.05, 0.1) is 0 Å². The molecule has 1 rings (SSSR count). The van der Waals surface area contributed by atoms with Crippen molar-refractivity contribution in [2.24, 2.45) is 5.73 Å². The molecule has 3 N–H and O–H groups in total. The van der Waals surface area contributed by atoms with Gasteiger partial charge in [0, 0.05) is 6.54 Å². The number of nitrogens with two attached hydrogens (primary N) is 1. The Morgan fingerprint density at radius 1 is 1.50 bits per heavy atom. The Balaban J connectivity index is 3.12. The minimum atomic E-state index is -3.01. The standard InChI is InChI=1S/C12H20NO2PS2/c1-8(2)10-5-4-9(3)11(6-10)12(7-13)15-16(14,17)18/h4-6,8,12H,7,13H2,1-3H3,(H2,14,17,18). The monoisotopic (exact) mass is 305 g/mol. The summed E-state index contributed by atoms with van der Waals surface area (Å²) in [6, 6.07) is 6.19. The highest BCUT2D eigenvalue weighted by atomic mass is 32.9. The summed E-state index contributed by atoms with van der Waals surface area (Å²) < 4.78 is 5.41. The quantitative estimate of drug-likeness (QED) is 0.577. The van der Waals surface area contributed by atoms with Gasteiger partial charge in [0.25, 0.3) is 0 Å². The second-order valence-electron chi connectivity index (χ2n) is 4.59. The van der Waals surface area contributed by atoms with E-state index in [0.29, 0.717) is 5.92 Å². The van der Waals surface area contributed by atoms with Crippen LogP contribution in [0.3, 0.4) is 0 Å². The Morgan fingerprint density at radius 2 is 2.11 bits per heavy atom. The van der Waals surface area contributed by atoms with Crippen LogP contribution >= 0.6 is 17.9 Å². The highest BCUT2D eigenvalue weighted by molar-refractivity contribution is 8.59. The van der Waals surface area contributed by atoms with Gasteiger partial charge in [-0.3, -0.25) is 0 Å². The molecule has 0 saturated carbocycles. The van der Waals surface area contributed by atoms with Crippen LogP contribution < -0.4 is 5.73 Å². The second-order valence-corrected chi connectivity index (χ2v) is 9.71. The van der Waals surface area contributed by atoms with Crippen molar-refractivity contribution in [1.82, 2.24) is 0 Å². The topological polar surface area (TPSA) is 55.5 Å². The molecule has 0 aliphatic rings. The molecule has 0 radical (unpaired) electrons. The Morgan fingerprint density at radius 3 is 2.56 bits per heavy atom. The zero-order valence-electron chi connectivity index (χ0n) is 10.8. The zero-order chi connectivity index (χ0) is 13.9. The first kappa shape index (κ1) is 16.2. The third-order valence-electron chi connectivity index (χ3n) is 2.80. The molecule has 3 nitrogen and oxygen atoms in total. The molecule has 0 aromatic heterocycles. The summed E-state index contributed by atoms with van der Waals surface area (Å²) >= 11 is 8.71. The first-order chi connectivity index (χ1) is 8.24. The Hall–Kier alpha value is 0.1000. The first-order valence-corrected chi connectivity index (χ1v) is 9.61. The van der Waals surface area contributed by atoms with Crippen LogP contribution in [0.15, 0.2) is 18.2 Å². The van der Waals surface area contributed by atoms with Crippen molar-refractivity contribution in [3.63, 3.8) is 0 Å². The fourth-order valence-corrected chi connectivity index (χ4v) is 2.94. The molecule has 0 bridgehead atoms. The molecule has 18 heavy (non-hydrogen) atoms. The van der Waals surface area contributed by atoms with Crippen molar-refractivity contribution >= 4 is 29.7 Å². The molecule has 0 aliphatic heterocycles. The maximum Gasteiger partial charge on any atom is 0.242 e. The lowest BCUT2D eigenvalue weighted by Crippen LogP contribution is -2.15. The van der Waals surface area contributed by atoms with Gasteiger partial charge < -0.3 is 15.2 Å². The van der Waals surface area contributed by atoms with Crippen LogP contribution in [0.4, 0.5) is 0 Å². The van der Waals surface area contributed by atoms with Gasteiger partial charge in [0.15, 0.2) is 0 Å². The fraction of sp³-hybridized carbons (Fsp3) is 0.500. The van der Waals surface area contributed by atoms with E-state index in [-0.39, 0.29) is 6.54 Å². The summed E-state index contributed by atoms with van der Waals surface area (Å²) in [5, 5.41) is 0. The number of aryl methyl sites for hydroxylation is 1. The summed E-state index contributed by atoms with van der Waals surface area (Å²) in [6.07, 6.45) is -0.406. The van der Waals surface area contributed by atoms with E-state index < -0.39 is 11.8 Å². The van der Waals surface area contributed by atoms with Crippen molar-refractivity contribution in [3.05, 3.63) is 34.9 Å². The average Bonchev–Trinajstić information content (AvgIpc) is 2.25. The van der Waals surface area contributed by atoms with Gasteiger partial charge in [-0.05, 0) is 41.3 Å². The van der Waals surface area contributed by atoms with E-state index in [0.717, 1.165) is 11.1 Å². The summed E-state index contributed by atoms with van der Waals surface area (Å²) in [5.41, 5.74) is 5.95. The maximum atomic E-state index is 9.56. The van der Waals surface area contributed by atoms with Gasteiger partial charge >= 0.3 is 0 Å². The van der Waals surface area contributed by atoms with Crippen molar-refractivity contribution in [1.29, 1.82) is 0 Å². The van der Waals surface area contributed by atoms with Crippen LogP contribution in [0.1, 0.15) is 42.6 Å². The molecule has 0 fully saturated rings. The van der Waals surface area contributed by atoms with Gasteiger partial charge in [-0.2, -0.15) is 0 Å². The van der Waals surface area contributed by atoms with Crippen LogP contribution in [0, 0.1) is 6.92 Å². The lowest BCUT2D eigenvalue weighted by Gasteiger charge is -2.22. The van der Waals surface area contributed by atoms with E-state index in [1.807, 2.05) is 13.0 Å². The highest BCUT2D eigenvalue weighted by Crippen LogP contribution is 2.51. The van der Waals surface area contributed by atoms with Gasteiger partial charge in [0.1, 0.15) is 6.10 Å². The molecular formula is C12H20NO2PS2. The van der Waals surface area contributed by atoms with E-state index >= 15 is 0 Å². The molecule has 0 spiro atoms. The molecule has 0 aliphatic carbocycles. The molecule has 102 valence electrons. The third kappa shape index (κ3) is 4.65. The summed E-state index contributed by atoms with van der Waals surface area (Å²) in [6.45, 7) is 6.51. The Kier molecular flexibility index (Phi) is 5.84. The first-order valence-electron chi connectivity index (χ1n) is 5.79. The van der Waals surface area contributed by atoms with E-state index in [2.05, 4.69) is 38.2 Å². The maximum absolute atomic E-state index is 9.56. The molecule has 0 saturated heterocycles. The molecular weight excluding hydrogens is 285 g/mol. The Labute approximate surface area is 119 Å². The summed E-state index contributed by atoms with van der Waals surface area (Å²) in [5.74, 6) is 0.427. The minimum absolute atomic E-state index is 0.266. The zero-order valence-corrected chi connectivity index (χ0v) is 13.4. The molecule has 6 heteroatoms. The van der Waals surface area contributed by atoms with Gasteiger partial charge in [-0.15, -0.1) is 0 Å². The molecule has 0 amide bonds. The van der Waals surface area contributed by atoms with Crippen LogP contribution in [-0.2, 0) is 16.3 Å². The van der Waals surface area contributed by atoms with E-state index in [9.17, 15) is 4.89 Å². The largest absolute Gasteiger partial charge is 0.338 e. The molecule has 1 aromatic carbocycles. The van der Waals surface area contributed by atoms with E-state index in [4.69, 9.17) is 22.1 Å². The molecule has 2 atom stereocenters. The van der Waals surface area contributed by atoms with Crippen molar-refractivity contribution in [2.45, 2.75) is 32.8 Å². The lowest BCUT2D eigenvalue weighted by molar-refractivity contribution is 0.220. The van der Waals surface area contributed by atoms with Crippen LogP contribution in [0.25, 0.3) is 0 Å². The van der Waals surface area contributed by atoms with Crippen molar-refractivity contribution < 1.29 is 9.42 Å². The number of thiol groups is 1. The normalized spacial score (nSPS) is 16.6. The Bertz CT molecular complexity index is 459. The van der Waals surface area contributed by atoms with Crippen molar-refractivity contribution in [2.75, 3.05) is 6.54 Å². The average molecular weight is 305 g/mol. The van der Waals surface area contributed by atoms with E-state index in [1.165, 1.54) is 5.56 Å². The fourth-order valence-electron chi connectivity index (χ4n) is 1.76. The third-order valence-corrected chi connectivity index (χ3v) is 3.87.